The fourth-order valence-corrected chi connectivity index (χ4v) is 2.47. The minimum Gasteiger partial charge on any atom is -0.505 e. The molecule has 0 saturated carbocycles. The first-order valence-corrected chi connectivity index (χ1v) is 8.43. The van der Waals surface area contributed by atoms with Gasteiger partial charge in [-0.05, 0) is 24.6 Å². The van der Waals surface area contributed by atoms with Gasteiger partial charge in [0.05, 0.1) is 6.61 Å². The monoisotopic (exact) mass is 373 g/mol. The fourth-order valence-electron chi connectivity index (χ4n) is 2.47. The van der Waals surface area contributed by atoms with E-state index in [1.165, 1.54) is 6.07 Å². The molecule has 7 heteroatoms. The van der Waals surface area contributed by atoms with Crippen molar-refractivity contribution in [1.29, 1.82) is 0 Å². The van der Waals surface area contributed by atoms with E-state index in [9.17, 15) is 18.7 Å². The van der Waals surface area contributed by atoms with E-state index in [0.29, 0.717) is 17.2 Å². The Kier molecular flexibility index (Phi) is 5.49. The molecule has 0 bridgehead atoms. The third-order valence-corrected chi connectivity index (χ3v) is 3.88. The number of hydrogen-bond acceptors (Lipinski definition) is 5. The molecule has 0 spiro atoms. The topological polar surface area (TPSA) is 68.7 Å². The summed E-state index contributed by atoms with van der Waals surface area (Å²) >= 11 is 0. The van der Waals surface area contributed by atoms with Crippen LogP contribution in [0.2, 0.25) is 0 Å². The summed E-state index contributed by atoms with van der Waals surface area (Å²) in [5.74, 6) is -3.23. The molecule has 1 N–H and O–H groups in total. The van der Waals surface area contributed by atoms with Crippen LogP contribution in [0.15, 0.2) is 42.5 Å². The lowest BCUT2D eigenvalue weighted by atomic mass is 10.1. The second-order valence-electron chi connectivity index (χ2n) is 5.83. The van der Waals surface area contributed by atoms with Crippen molar-refractivity contribution in [3.63, 3.8) is 0 Å². The van der Waals surface area contributed by atoms with Crippen LogP contribution < -0.4 is 4.74 Å². The van der Waals surface area contributed by atoms with Crippen LogP contribution in [0.3, 0.4) is 0 Å². The molecule has 140 valence electrons. The number of nitrogens with zero attached hydrogens (tertiary/aromatic N) is 1. The Hall–Kier alpha value is -3.22. The van der Waals surface area contributed by atoms with Gasteiger partial charge in [0.1, 0.15) is 5.75 Å². The summed E-state index contributed by atoms with van der Waals surface area (Å²) in [4.78, 5) is 16.3. The summed E-state index contributed by atoms with van der Waals surface area (Å²) in [5, 5.41) is 11.2. The predicted octanol–water partition coefficient (Wildman–Crippen LogP) is 4.97. The lowest BCUT2D eigenvalue weighted by molar-refractivity contribution is 0.0488. The van der Waals surface area contributed by atoms with E-state index < -0.39 is 17.6 Å². The molecule has 0 unspecified atom stereocenters. The van der Waals surface area contributed by atoms with Crippen molar-refractivity contribution in [1.82, 2.24) is 4.98 Å². The van der Waals surface area contributed by atoms with Crippen molar-refractivity contribution in [3.05, 3.63) is 59.8 Å². The largest absolute Gasteiger partial charge is 0.505 e. The summed E-state index contributed by atoms with van der Waals surface area (Å²) in [6.07, 6.45) is 1.52. The molecule has 1 heterocycles. The maximum Gasteiger partial charge on any atom is 0.360 e. The second-order valence-corrected chi connectivity index (χ2v) is 5.83. The van der Waals surface area contributed by atoms with Gasteiger partial charge in [-0.1, -0.05) is 31.5 Å². The van der Waals surface area contributed by atoms with Crippen LogP contribution in [-0.4, -0.2) is 22.7 Å². The van der Waals surface area contributed by atoms with E-state index in [1.807, 2.05) is 6.92 Å². The maximum atomic E-state index is 13.5. The van der Waals surface area contributed by atoms with Gasteiger partial charge in [-0.3, -0.25) is 0 Å². The van der Waals surface area contributed by atoms with Crippen molar-refractivity contribution < 1.29 is 28.2 Å². The smallest absolute Gasteiger partial charge is 0.360 e. The highest BCUT2D eigenvalue weighted by Crippen LogP contribution is 2.36. The minimum atomic E-state index is -1.07. The summed E-state index contributed by atoms with van der Waals surface area (Å²) in [7, 11) is 0. The zero-order chi connectivity index (χ0) is 19.4. The van der Waals surface area contributed by atoms with E-state index in [4.69, 9.17) is 9.47 Å². The molecular formula is C20H17F2NO4. The van der Waals surface area contributed by atoms with Gasteiger partial charge < -0.3 is 14.6 Å². The summed E-state index contributed by atoms with van der Waals surface area (Å²) < 4.78 is 37.2. The number of unbranched alkanes of at least 4 members (excludes halogenated alkanes) is 1. The van der Waals surface area contributed by atoms with Crippen LogP contribution in [-0.2, 0) is 4.74 Å². The van der Waals surface area contributed by atoms with Crippen LogP contribution in [0.1, 0.15) is 30.3 Å². The molecule has 0 aliphatic carbocycles. The molecule has 5 nitrogen and oxygen atoms in total. The number of ether oxygens (including phenoxy) is 2. The number of esters is 1. The SMILES string of the molecule is CCCCOC(=O)c1nc(Oc2ccc(F)c(F)c2)c2ccccc2c1O. The molecule has 3 aromatic rings. The van der Waals surface area contributed by atoms with Crippen LogP contribution in [0, 0.1) is 11.6 Å². The number of hydrogen-bond donors (Lipinski definition) is 1. The van der Waals surface area contributed by atoms with Crippen LogP contribution in [0.4, 0.5) is 8.78 Å². The van der Waals surface area contributed by atoms with Gasteiger partial charge in [-0.15, -0.1) is 0 Å². The number of carbonyl (C=O) groups is 1. The zero-order valence-electron chi connectivity index (χ0n) is 14.5. The first-order chi connectivity index (χ1) is 13.0. The molecular weight excluding hydrogens is 356 g/mol. The Morgan fingerprint density at radius 1 is 1.11 bits per heavy atom. The number of pyridine rings is 1. The number of benzene rings is 2. The van der Waals surface area contributed by atoms with E-state index in [-0.39, 0.29) is 29.7 Å². The van der Waals surface area contributed by atoms with E-state index >= 15 is 0 Å². The molecule has 0 amide bonds. The number of rotatable bonds is 6. The Morgan fingerprint density at radius 2 is 1.85 bits per heavy atom. The van der Waals surface area contributed by atoms with Crippen LogP contribution >= 0.6 is 0 Å². The van der Waals surface area contributed by atoms with Crippen LogP contribution in [0.5, 0.6) is 17.4 Å². The quantitative estimate of drug-likeness (QED) is 0.488. The normalized spacial score (nSPS) is 10.8. The average molecular weight is 373 g/mol. The van der Waals surface area contributed by atoms with Gasteiger partial charge in [-0.25, -0.2) is 18.6 Å². The van der Waals surface area contributed by atoms with Crippen molar-refractivity contribution in [2.75, 3.05) is 6.61 Å². The number of fused-ring (bicyclic) bond motifs is 1. The van der Waals surface area contributed by atoms with Gasteiger partial charge in [0.15, 0.2) is 23.1 Å². The molecule has 0 aliphatic rings. The van der Waals surface area contributed by atoms with E-state index in [0.717, 1.165) is 18.6 Å². The highest BCUT2D eigenvalue weighted by molar-refractivity contribution is 6.01. The molecule has 0 saturated heterocycles. The molecule has 0 atom stereocenters. The van der Waals surface area contributed by atoms with E-state index in [2.05, 4.69) is 4.98 Å². The second kappa shape index (κ2) is 7.99. The average Bonchev–Trinajstić information content (AvgIpc) is 2.67. The Bertz CT molecular complexity index is 991. The van der Waals surface area contributed by atoms with Gasteiger partial charge in [0, 0.05) is 16.8 Å². The number of carbonyl (C=O) groups excluding carboxylic acids is 1. The standard InChI is InChI=1S/C20H17F2NO4/c1-2-3-10-26-20(25)17-18(24)13-6-4-5-7-14(13)19(23-17)27-12-8-9-15(21)16(22)11-12/h4-9,11,24H,2-3,10H2,1H3. The molecule has 3 rings (SSSR count). The number of halogens is 2. The zero-order valence-corrected chi connectivity index (χ0v) is 14.5. The highest BCUT2D eigenvalue weighted by atomic mass is 19.2. The third kappa shape index (κ3) is 3.97. The van der Waals surface area contributed by atoms with Crippen LogP contribution in [0.25, 0.3) is 10.8 Å². The molecule has 0 radical (unpaired) electrons. The summed E-state index contributed by atoms with van der Waals surface area (Å²) in [5.41, 5.74) is -0.303. The first-order valence-electron chi connectivity index (χ1n) is 8.43. The van der Waals surface area contributed by atoms with Gasteiger partial charge in [0.25, 0.3) is 0 Å². The fraction of sp³-hybridized carbons (Fsp3) is 0.200. The minimum absolute atomic E-state index is 0.00235. The Balaban J connectivity index is 2.04. The van der Waals surface area contributed by atoms with Gasteiger partial charge >= 0.3 is 5.97 Å². The number of aromatic hydroxyl groups is 1. The lowest BCUT2D eigenvalue weighted by Gasteiger charge is -2.12. The molecule has 2 aromatic carbocycles. The maximum absolute atomic E-state index is 13.5. The summed E-state index contributed by atoms with van der Waals surface area (Å²) in [6, 6.07) is 9.62. The molecule has 1 aromatic heterocycles. The van der Waals surface area contributed by atoms with Crippen molar-refractivity contribution >= 4 is 16.7 Å². The molecule has 27 heavy (non-hydrogen) atoms. The first kappa shape index (κ1) is 18.6. The molecule has 0 fully saturated rings. The molecule has 0 aliphatic heterocycles. The van der Waals surface area contributed by atoms with Crippen molar-refractivity contribution in [3.8, 4) is 17.4 Å². The van der Waals surface area contributed by atoms with Crippen molar-refractivity contribution in [2.45, 2.75) is 19.8 Å². The van der Waals surface area contributed by atoms with Gasteiger partial charge in [0.2, 0.25) is 5.88 Å². The lowest BCUT2D eigenvalue weighted by Crippen LogP contribution is -2.10. The van der Waals surface area contributed by atoms with Crippen molar-refractivity contribution in [2.24, 2.45) is 0 Å². The third-order valence-electron chi connectivity index (χ3n) is 3.88. The highest BCUT2D eigenvalue weighted by Gasteiger charge is 2.21. The number of aromatic nitrogens is 1. The predicted molar refractivity (Wildman–Crippen MR) is 95.0 cm³/mol. The Labute approximate surface area is 154 Å². The van der Waals surface area contributed by atoms with Gasteiger partial charge in [-0.2, -0.15) is 0 Å². The van der Waals surface area contributed by atoms with E-state index in [1.54, 1.807) is 24.3 Å². The summed E-state index contributed by atoms with van der Waals surface area (Å²) in [6.45, 7) is 2.15. The Morgan fingerprint density at radius 3 is 2.56 bits per heavy atom.